The summed E-state index contributed by atoms with van der Waals surface area (Å²) in [5, 5.41) is 0. The first-order valence-electron chi connectivity index (χ1n) is 8.24. The molecule has 4 aliphatic rings. The molecule has 4 bridgehead atoms. The Hall–Kier alpha value is -0.540. The molecule has 1 aromatic rings. The van der Waals surface area contributed by atoms with Crippen LogP contribution in [0.3, 0.4) is 0 Å². The number of hydrogen-bond acceptors (Lipinski definition) is 2. The standard InChI is InChI=1S/C18H24BrNO/c1-21-16-3-2-14(19)9-15(16)18(20)17-12-5-10-4-11(7-12)8-13(17)6-10/h2-3,9-13,17-18H,4-8,20H2,1H3. The van der Waals surface area contributed by atoms with Crippen molar-refractivity contribution in [2.75, 3.05) is 7.11 Å². The van der Waals surface area contributed by atoms with Crippen molar-refractivity contribution in [3.05, 3.63) is 28.2 Å². The highest BCUT2D eigenvalue weighted by Gasteiger charge is 2.50. The van der Waals surface area contributed by atoms with Crippen LogP contribution in [0.1, 0.15) is 43.7 Å². The van der Waals surface area contributed by atoms with Gasteiger partial charge in [-0.05, 0) is 79.9 Å². The van der Waals surface area contributed by atoms with Crippen LogP contribution < -0.4 is 10.5 Å². The molecule has 0 radical (unpaired) electrons. The largest absolute Gasteiger partial charge is 0.496 e. The molecule has 4 saturated carbocycles. The van der Waals surface area contributed by atoms with Crippen molar-refractivity contribution in [3.8, 4) is 5.75 Å². The molecule has 0 spiro atoms. The Kier molecular flexibility index (Phi) is 3.54. The zero-order valence-electron chi connectivity index (χ0n) is 12.6. The second kappa shape index (κ2) is 5.27. The van der Waals surface area contributed by atoms with Crippen molar-refractivity contribution < 1.29 is 4.74 Å². The summed E-state index contributed by atoms with van der Waals surface area (Å²) in [6.45, 7) is 0. The number of nitrogens with two attached hydrogens (primary N) is 1. The van der Waals surface area contributed by atoms with E-state index in [4.69, 9.17) is 10.5 Å². The molecular formula is C18H24BrNO. The van der Waals surface area contributed by atoms with E-state index in [1.54, 1.807) is 7.11 Å². The fraction of sp³-hybridized carbons (Fsp3) is 0.667. The van der Waals surface area contributed by atoms with Gasteiger partial charge in [0, 0.05) is 16.1 Å². The van der Waals surface area contributed by atoms with Gasteiger partial charge in [-0.2, -0.15) is 0 Å². The molecule has 2 nitrogen and oxygen atoms in total. The van der Waals surface area contributed by atoms with Crippen molar-refractivity contribution in [1.29, 1.82) is 0 Å². The molecule has 0 amide bonds. The van der Waals surface area contributed by atoms with Crippen molar-refractivity contribution >= 4 is 15.9 Å². The van der Waals surface area contributed by atoms with Crippen molar-refractivity contribution in [1.82, 2.24) is 0 Å². The molecule has 5 rings (SSSR count). The number of rotatable bonds is 3. The molecule has 4 fully saturated rings. The molecular weight excluding hydrogens is 326 g/mol. The lowest BCUT2D eigenvalue weighted by Gasteiger charge is -2.56. The lowest BCUT2D eigenvalue weighted by molar-refractivity contribution is -0.0473. The van der Waals surface area contributed by atoms with Gasteiger partial charge >= 0.3 is 0 Å². The van der Waals surface area contributed by atoms with Crippen molar-refractivity contribution in [2.45, 2.75) is 38.1 Å². The summed E-state index contributed by atoms with van der Waals surface area (Å²) >= 11 is 3.58. The topological polar surface area (TPSA) is 35.2 Å². The second-order valence-corrected chi connectivity index (χ2v) is 8.34. The monoisotopic (exact) mass is 349 g/mol. The fourth-order valence-electron chi connectivity index (χ4n) is 5.73. The van der Waals surface area contributed by atoms with Gasteiger partial charge in [-0.15, -0.1) is 0 Å². The second-order valence-electron chi connectivity index (χ2n) is 7.42. The summed E-state index contributed by atoms with van der Waals surface area (Å²) in [5.41, 5.74) is 7.95. The Balaban J connectivity index is 1.66. The maximum Gasteiger partial charge on any atom is 0.123 e. The predicted molar refractivity (Wildman–Crippen MR) is 88.2 cm³/mol. The van der Waals surface area contributed by atoms with Gasteiger partial charge in [0.1, 0.15) is 5.75 Å². The summed E-state index contributed by atoms with van der Waals surface area (Å²) < 4.78 is 6.66. The highest BCUT2D eigenvalue weighted by Crippen LogP contribution is 2.59. The molecule has 21 heavy (non-hydrogen) atoms. The fourth-order valence-corrected chi connectivity index (χ4v) is 6.11. The van der Waals surface area contributed by atoms with Gasteiger partial charge in [-0.1, -0.05) is 15.9 Å². The van der Waals surface area contributed by atoms with Gasteiger partial charge in [0.2, 0.25) is 0 Å². The minimum atomic E-state index is 0.118. The van der Waals surface area contributed by atoms with E-state index in [2.05, 4.69) is 22.0 Å². The van der Waals surface area contributed by atoms with Crippen LogP contribution in [0.4, 0.5) is 0 Å². The molecule has 2 N–H and O–H groups in total. The minimum absolute atomic E-state index is 0.118. The van der Waals surface area contributed by atoms with E-state index in [9.17, 15) is 0 Å². The minimum Gasteiger partial charge on any atom is -0.496 e. The van der Waals surface area contributed by atoms with E-state index in [0.29, 0.717) is 5.92 Å². The van der Waals surface area contributed by atoms with Crippen LogP contribution in [0.15, 0.2) is 22.7 Å². The van der Waals surface area contributed by atoms with Crippen LogP contribution in [0.2, 0.25) is 0 Å². The van der Waals surface area contributed by atoms with E-state index in [0.717, 1.165) is 33.9 Å². The van der Waals surface area contributed by atoms with E-state index in [1.807, 2.05) is 12.1 Å². The lowest BCUT2D eigenvalue weighted by Crippen LogP contribution is -2.48. The number of hydrogen-bond donors (Lipinski definition) is 1. The average molecular weight is 350 g/mol. The summed E-state index contributed by atoms with van der Waals surface area (Å²) in [4.78, 5) is 0. The number of methoxy groups -OCH3 is 1. The van der Waals surface area contributed by atoms with Gasteiger partial charge in [-0.25, -0.2) is 0 Å². The third kappa shape index (κ3) is 2.33. The van der Waals surface area contributed by atoms with Crippen LogP contribution in [-0.2, 0) is 0 Å². The molecule has 4 aliphatic carbocycles. The number of halogens is 1. The molecule has 1 atom stereocenters. The molecule has 1 unspecified atom stereocenters. The summed E-state index contributed by atoms with van der Waals surface area (Å²) in [6, 6.07) is 6.35. The molecule has 0 saturated heterocycles. The Labute approximate surface area is 135 Å². The number of ether oxygens (including phenoxy) is 1. The van der Waals surface area contributed by atoms with Gasteiger partial charge in [0.25, 0.3) is 0 Å². The number of benzene rings is 1. The van der Waals surface area contributed by atoms with Gasteiger partial charge < -0.3 is 10.5 Å². The maximum atomic E-state index is 6.76. The highest BCUT2D eigenvalue weighted by molar-refractivity contribution is 9.10. The van der Waals surface area contributed by atoms with Crippen LogP contribution in [0.5, 0.6) is 5.75 Å². The summed E-state index contributed by atoms with van der Waals surface area (Å²) in [6.07, 6.45) is 7.17. The normalized spacial score (nSPS) is 38.5. The molecule has 3 heteroatoms. The maximum absolute atomic E-state index is 6.76. The molecule has 0 aliphatic heterocycles. The van der Waals surface area contributed by atoms with Gasteiger partial charge in [0.15, 0.2) is 0 Å². The third-order valence-electron chi connectivity index (χ3n) is 6.27. The average Bonchev–Trinajstić information content (AvgIpc) is 2.46. The summed E-state index contributed by atoms with van der Waals surface area (Å²) in [7, 11) is 1.75. The summed E-state index contributed by atoms with van der Waals surface area (Å²) in [5.74, 6) is 5.29. The van der Waals surface area contributed by atoms with E-state index in [1.165, 1.54) is 37.7 Å². The SMILES string of the molecule is COc1ccc(Br)cc1C(N)C1C2CC3CC(C2)CC1C3. The molecule has 114 valence electrons. The third-order valence-corrected chi connectivity index (χ3v) is 6.76. The Bertz CT molecular complexity index is 516. The first-order valence-corrected chi connectivity index (χ1v) is 9.04. The van der Waals surface area contributed by atoms with Gasteiger partial charge in [0.05, 0.1) is 7.11 Å². The Morgan fingerprint density at radius 2 is 1.71 bits per heavy atom. The van der Waals surface area contributed by atoms with Crippen molar-refractivity contribution in [3.63, 3.8) is 0 Å². The van der Waals surface area contributed by atoms with Crippen molar-refractivity contribution in [2.24, 2.45) is 35.3 Å². The van der Waals surface area contributed by atoms with Crippen LogP contribution >= 0.6 is 15.9 Å². The van der Waals surface area contributed by atoms with Crippen LogP contribution in [-0.4, -0.2) is 7.11 Å². The smallest absolute Gasteiger partial charge is 0.123 e. The Morgan fingerprint density at radius 1 is 1.10 bits per heavy atom. The quantitative estimate of drug-likeness (QED) is 0.869. The zero-order chi connectivity index (χ0) is 14.6. The highest BCUT2D eigenvalue weighted by atomic mass is 79.9. The van der Waals surface area contributed by atoms with Gasteiger partial charge in [-0.3, -0.25) is 0 Å². The predicted octanol–water partition coefficient (Wildman–Crippen LogP) is 4.53. The van der Waals surface area contributed by atoms with E-state index < -0.39 is 0 Å². The molecule has 0 heterocycles. The van der Waals surface area contributed by atoms with Crippen LogP contribution in [0.25, 0.3) is 0 Å². The first-order chi connectivity index (χ1) is 10.2. The van der Waals surface area contributed by atoms with E-state index >= 15 is 0 Å². The molecule has 1 aromatic carbocycles. The zero-order valence-corrected chi connectivity index (χ0v) is 14.2. The lowest BCUT2D eigenvalue weighted by atomic mass is 9.50. The first kappa shape index (κ1) is 14.1. The Morgan fingerprint density at radius 3 is 2.29 bits per heavy atom. The van der Waals surface area contributed by atoms with Crippen LogP contribution in [0, 0.1) is 29.6 Å². The molecule has 0 aromatic heterocycles. The van der Waals surface area contributed by atoms with E-state index in [-0.39, 0.29) is 6.04 Å².